The predicted molar refractivity (Wildman–Crippen MR) is 66.8 cm³/mol. The van der Waals surface area contributed by atoms with E-state index in [-0.39, 0.29) is 12.4 Å². The summed E-state index contributed by atoms with van der Waals surface area (Å²) in [7, 11) is 0. The van der Waals surface area contributed by atoms with Gasteiger partial charge in [-0.2, -0.15) is 0 Å². The highest BCUT2D eigenvalue weighted by Crippen LogP contribution is 2.17. The fourth-order valence-corrected chi connectivity index (χ4v) is 1.42. The molecule has 15 heavy (non-hydrogen) atoms. The third-order valence-corrected chi connectivity index (χ3v) is 2.13. The lowest BCUT2D eigenvalue weighted by Crippen LogP contribution is -1.85. The van der Waals surface area contributed by atoms with E-state index in [2.05, 4.69) is 13.2 Å². The Morgan fingerprint density at radius 3 is 2.40 bits per heavy atom. The SMILES string of the molecule is C=C.CC.OCCSc1cccc(F)c1. The van der Waals surface area contributed by atoms with E-state index in [1.54, 1.807) is 6.07 Å². The minimum atomic E-state index is -0.229. The summed E-state index contributed by atoms with van der Waals surface area (Å²) in [5, 5.41) is 8.48. The molecule has 1 aromatic carbocycles. The molecular formula is C12H19FOS. The zero-order chi connectivity index (χ0) is 12.1. The van der Waals surface area contributed by atoms with E-state index in [0.717, 1.165) is 4.90 Å². The van der Waals surface area contributed by atoms with Crippen molar-refractivity contribution >= 4 is 11.8 Å². The molecule has 1 N–H and O–H groups in total. The van der Waals surface area contributed by atoms with E-state index in [0.29, 0.717) is 5.75 Å². The Kier molecular flexibility index (Phi) is 14.6. The molecule has 0 atom stereocenters. The van der Waals surface area contributed by atoms with Gasteiger partial charge in [0.1, 0.15) is 5.82 Å². The first-order valence-electron chi connectivity index (χ1n) is 4.82. The average Bonchev–Trinajstić information content (AvgIpc) is 2.32. The van der Waals surface area contributed by atoms with E-state index in [4.69, 9.17) is 5.11 Å². The molecule has 1 rings (SSSR count). The Morgan fingerprint density at radius 2 is 1.93 bits per heavy atom. The molecule has 0 fully saturated rings. The van der Waals surface area contributed by atoms with E-state index < -0.39 is 0 Å². The van der Waals surface area contributed by atoms with Gasteiger partial charge in [-0.1, -0.05) is 19.9 Å². The van der Waals surface area contributed by atoms with Crippen molar-refractivity contribution in [1.82, 2.24) is 0 Å². The van der Waals surface area contributed by atoms with Crippen LogP contribution in [0.2, 0.25) is 0 Å². The smallest absolute Gasteiger partial charge is 0.124 e. The number of hydrogen-bond donors (Lipinski definition) is 1. The lowest BCUT2D eigenvalue weighted by molar-refractivity contribution is 0.322. The summed E-state index contributed by atoms with van der Waals surface area (Å²) in [5.41, 5.74) is 0. The largest absolute Gasteiger partial charge is 0.396 e. The highest BCUT2D eigenvalue weighted by molar-refractivity contribution is 7.99. The second-order valence-corrected chi connectivity index (χ2v) is 3.20. The van der Waals surface area contributed by atoms with E-state index in [1.807, 2.05) is 19.9 Å². The topological polar surface area (TPSA) is 20.2 Å². The van der Waals surface area contributed by atoms with E-state index in [9.17, 15) is 4.39 Å². The molecule has 0 aromatic heterocycles. The second-order valence-electron chi connectivity index (χ2n) is 2.03. The van der Waals surface area contributed by atoms with Crippen LogP contribution in [-0.4, -0.2) is 17.5 Å². The van der Waals surface area contributed by atoms with Gasteiger partial charge in [-0.25, -0.2) is 4.39 Å². The molecule has 0 heterocycles. The lowest BCUT2D eigenvalue weighted by Gasteiger charge is -1.97. The number of thioether (sulfide) groups is 1. The van der Waals surface area contributed by atoms with Gasteiger partial charge in [0.25, 0.3) is 0 Å². The van der Waals surface area contributed by atoms with Crippen molar-refractivity contribution in [1.29, 1.82) is 0 Å². The highest BCUT2D eigenvalue weighted by Gasteiger charge is 1.93. The molecule has 1 aromatic rings. The standard InChI is InChI=1S/C8H9FOS.C2H6.C2H4/c9-7-2-1-3-8(6-7)11-5-4-10;2*1-2/h1-3,6,10H,4-5H2;1-2H3;1-2H2. The Morgan fingerprint density at radius 1 is 1.33 bits per heavy atom. The highest BCUT2D eigenvalue weighted by atomic mass is 32.2. The van der Waals surface area contributed by atoms with Crippen LogP contribution in [-0.2, 0) is 0 Å². The first kappa shape index (κ1) is 16.6. The van der Waals surface area contributed by atoms with Gasteiger partial charge < -0.3 is 5.11 Å². The van der Waals surface area contributed by atoms with Crippen molar-refractivity contribution in [3.63, 3.8) is 0 Å². The van der Waals surface area contributed by atoms with Gasteiger partial charge in [0.05, 0.1) is 6.61 Å². The maximum absolute atomic E-state index is 12.5. The zero-order valence-corrected chi connectivity index (χ0v) is 10.2. The summed E-state index contributed by atoms with van der Waals surface area (Å²) in [4.78, 5) is 0.860. The Balaban J connectivity index is 0. The van der Waals surface area contributed by atoms with Crippen molar-refractivity contribution in [2.24, 2.45) is 0 Å². The van der Waals surface area contributed by atoms with Crippen LogP contribution in [0.15, 0.2) is 42.3 Å². The molecule has 0 aliphatic rings. The van der Waals surface area contributed by atoms with Crippen molar-refractivity contribution in [3.05, 3.63) is 43.2 Å². The number of halogens is 1. The number of rotatable bonds is 3. The van der Waals surface area contributed by atoms with Crippen molar-refractivity contribution in [2.45, 2.75) is 18.7 Å². The van der Waals surface area contributed by atoms with E-state index in [1.165, 1.54) is 23.9 Å². The number of hydrogen-bond acceptors (Lipinski definition) is 2. The first-order valence-corrected chi connectivity index (χ1v) is 5.80. The Bertz CT molecular complexity index is 241. The number of aliphatic hydroxyl groups excluding tert-OH is 1. The molecule has 0 radical (unpaired) electrons. The molecule has 0 aliphatic heterocycles. The summed E-state index contributed by atoms with van der Waals surface area (Å²) < 4.78 is 12.5. The molecular weight excluding hydrogens is 211 g/mol. The molecule has 0 amide bonds. The summed E-state index contributed by atoms with van der Waals surface area (Å²) in [5.74, 6) is 0.386. The van der Waals surface area contributed by atoms with Gasteiger partial charge in [0.15, 0.2) is 0 Å². The van der Waals surface area contributed by atoms with Crippen molar-refractivity contribution in [2.75, 3.05) is 12.4 Å². The molecule has 0 bridgehead atoms. The Hall–Kier alpha value is -0.800. The van der Waals surface area contributed by atoms with Crippen LogP contribution < -0.4 is 0 Å². The van der Waals surface area contributed by atoms with Crippen molar-refractivity contribution in [3.8, 4) is 0 Å². The van der Waals surface area contributed by atoms with Gasteiger partial charge in [-0.3, -0.25) is 0 Å². The summed E-state index contributed by atoms with van der Waals surface area (Å²) >= 11 is 1.44. The lowest BCUT2D eigenvalue weighted by atomic mass is 10.4. The van der Waals surface area contributed by atoms with Crippen LogP contribution in [0, 0.1) is 5.82 Å². The monoisotopic (exact) mass is 230 g/mol. The van der Waals surface area contributed by atoms with Gasteiger partial charge in [-0.15, -0.1) is 24.9 Å². The minimum Gasteiger partial charge on any atom is -0.396 e. The minimum absolute atomic E-state index is 0.126. The predicted octanol–water partition coefficient (Wildman–Crippen LogP) is 3.74. The summed E-state index contributed by atoms with van der Waals surface area (Å²) in [6, 6.07) is 6.35. The second kappa shape index (κ2) is 13.2. The van der Waals surface area contributed by atoms with Crippen LogP contribution in [0.3, 0.4) is 0 Å². The maximum Gasteiger partial charge on any atom is 0.124 e. The maximum atomic E-state index is 12.5. The fraction of sp³-hybridized carbons (Fsp3) is 0.333. The molecule has 0 spiro atoms. The van der Waals surface area contributed by atoms with Gasteiger partial charge in [0, 0.05) is 10.6 Å². The van der Waals surface area contributed by atoms with Gasteiger partial charge in [-0.05, 0) is 18.2 Å². The quantitative estimate of drug-likeness (QED) is 0.630. The van der Waals surface area contributed by atoms with Crippen LogP contribution in [0.5, 0.6) is 0 Å². The molecule has 1 nitrogen and oxygen atoms in total. The fourth-order valence-electron chi connectivity index (χ4n) is 0.720. The van der Waals surface area contributed by atoms with Crippen molar-refractivity contribution < 1.29 is 9.50 Å². The number of benzene rings is 1. The Labute approximate surface area is 96.0 Å². The molecule has 3 heteroatoms. The molecule has 0 unspecified atom stereocenters. The van der Waals surface area contributed by atoms with Crippen LogP contribution in [0.25, 0.3) is 0 Å². The summed E-state index contributed by atoms with van der Waals surface area (Å²) in [6.45, 7) is 10.1. The van der Waals surface area contributed by atoms with Gasteiger partial charge >= 0.3 is 0 Å². The van der Waals surface area contributed by atoms with E-state index >= 15 is 0 Å². The average molecular weight is 230 g/mol. The number of aliphatic hydroxyl groups is 1. The van der Waals surface area contributed by atoms with Crippen LogP contribution >= 0.6 is 11.8 Å². The van der Waals surface area contributed by atoms with Crippen LogP contribution in [0.4, 0.5) is 4.39 Å². The third-order valence-electron chi connectivity index (χ3n) is 1.16. The van der Waals surface area contributed by atoms with Crippen LogP contribution in [0.1, 0.15) is 13.8 Å². The van der Waals surface area contributed by atoms with Gasteiger partial charge in [0.2, 0.25) is 0 Å². The normalized spacial score (nSPS) is 8.00. The molecule has 86 valence electrons. The summed E-state index contributed by atoms with van der Waals surface area (Å²) in [6.07, 6.45) is 0. The third kappa shape index (κ3) is 9.50. The zero-order valence-electron chi connectivity index (χ0n) is 9.37. The molecule has 0 saturated heterocycles. The first-order chi connectivity index (χ1) is 7.33. The molecule has 0 saturated carbocycles. The molecule has 0 aliphatic carbocycles.